The second-order valence-corrected chi connectivity index (χ2v) is 5.96. The van der Waals surface area contributed by atoms with Gasteiger partial charge in [-0.3, -0.25) is 9.59 Å². The van der Waals surface area contributed by atoms with Crippen LogP contribution in [0.1, 0.15) is 32.1 Å². The van der Waals surface area contributed by atoms with Crippen molar-refractivity contribution in [3.05, 3.63) is 107 Å². The quantitative estimate of drug-likeness (QED) is 0.526. The van der Waals surface area contributed by atoms with Crippen molar-refractivity contribution in [1.29, 1.82) is 0 Å². The molecule has 4 heteroatoms. The Morgan fingerprint density at radius 3 is 1.27 bits per heavy atom. The smallest absolute Gasteiger partial charge is 0.209 e. The summed E-state index contributed by atoms with van der Waals surface area (Å²) in [4.78, 5) is 31.2. The van der Waals surface area contributed by atoms with Crippen molar-refractivity contribution in [2.45, 2.75) is 0 Å². The van der Waals surface area contributed by atoms with Crippen LogP contribution in [0.5, 0.6) is 0 Å². The van der Waals surface area contributed by atoms with Crippen LogP contribution in [0.15, 0.2) is 84.9 Å². The molecule has 2 aromatic heterocycles. The minimum atomic E-state index is -0.0657. The van der Waals surface area contributed by atoms with E-state index in [1.807, 2.05) is 48.5 Å². The van der Waals surface area contributed by atoms with Gasteiger partial charge in [0.05, 0.1) is 22.8 Å². The molecular formula is C22H16N2O2. The molecule has 2 N–H and O–H groups in total. The number of benzene rings is 2. The summed E-state index contributed by atoms with van der Waals surface area (Å²) in [6.45, 7) is 0. The molecule has 0 saturated heterocycles. The van der Waals surface area contributed by atoms with Crippen LogP contribution in [0.25, 0.3) is 11.4 Å². The molecule has 26 heavy (non-hydrogen) atoms. The summed E-state index contributed by atoms with van der Waals surface area (Å²) in [7, 11) is 0. The lowest BCUT2D eigenvalue weighted by Gasteiger charge is -1.99. The van der Waals surface area contributed by atoms with E-state index >= 15 is 0 Å². The summed E-state index contributed by atoms with van der Waals surface area (Å²) in [5.41, 5.74) is 3.81. The minimum absolute atomic E-state index is 0.0657. The van der Waals surface area contributed by atoms with E-state index in [9.17, 15) is 9.59 Å². The largest absolute Gasteiger partial charge is 0.351 e. The molecule has 4 aromatic rings. The number of hydrogen-bond donors (Lipinski definition) is 2. The van der Waals surface area contributed by atoms with Crippen molar-refractivity contribution >= 4 is 11.6 Å². The first-order chi connectivity index (χ1) is 12.7. The van der Waals surface area contributed by atoms with Crippen LogP contribution in [0.3, 0.4) is 0 Å². The van der Waals surface area contributed by atoms with Gasteiger partial charge in [-0.1, -0.05) is 60.7 Å². The monoisotopic (exact) mass is 340 g/mol. The first kappa shape index (κ1) is 15.8. The predicted molar refractivity (Wildman–Crippen MR) is 100 cm³/mol. The number of aromatic nitrogens is 2. The molecule has 0 aliphatic rings. The van der Waals surface area contributed by atoms with E-state index in [1.54, 1.807) is 36.4 Å². The van der Waals surface area contributed by atoms with Gasteiger partial charge in [0.25, 0.3) is 0 Å². The van der Waals surface area contributed by atoms with E-state index in [0.717, 1.165) is 11.4 Å². The zero-order chi connectivity index (χ0) is 17.9. The number of ketones is 2. The Kier molecular flexibility index (Phi) is 4.07. The van der Waals surface area contributed by atoms with Crippen LogP contribution in [0, 0.1) is 0 Å². The molecule has 0 amide bonds. The van der Waals surface area contributed by atoms with E-state index in [-0.39, 0.29) is 11.6 Å². The molecule has 0 saturated carbocycles. The number of H-pyrrole nitrogens is 2. The van der Waals surface area contributed by atoms with Crippen molar-refractivity contribution in [3.63, 3.8) is 0 Å². The average molecular weight is 340 g/mol. The molecule has 0 fully saturated rings. The van der Waals surface area contributed by atoms with Crippen molar-refractivity contribution in [3.8, 4) is 11.4 Å². The van der Waals surface area contributed by atoms with Gasteiger partial charge in [0.15, 0.2) is 0 Å². The lowest BCUT2D eigenvalue weighted by atomic mass is 10.1. The molecule has 126 valence electrons. The van der Waals surface area contributed by atoms with Crippen molar-refractivity contribution < 1.29 is 9.59 Å². The summed E-state index contributed by atoms with van der Waals surface area (Å²) in [6, 6.07) is 25.4. The standard InChI is InChI=1S/C22H16N2O2/c25-21(15-7-3-1-4-8-15)19-13-11-17(23-19)18-12-14-20(24-18)22(26)16-9-5-2-6-10-16/h1-14,23-24H. The molecule has 0 radical (unpaired) electrons. The fraction of sp³-hybridized carbons (Fsp3) is 0. The fourth-order valence-corrected chi connectivity index (χ4v) is 2.86. The molecule has 0 aliphatic heterocycles. The first-order valence-electron chi connectivity index (χ1n) is 8.30. The maximum absolute atomic E-state index is 12.5. The molecule has 4 nitrogen and oxygen atoms in total. The van der Waals surface area contributed by atoms with E-state index in [1.165, 1.54) is 0 Å². The van der Waals surface area contributed by atoms with Gasteiger partial charge in [0, 0.05) is 11.1 Å². The Labute approximate surface area is 150 Å². The highest BCUT2D eigenvalue weighted by atomic mass is 16.1. The van der Waals surface area contributed by atoms with Crippen LogP contribution >= 0.6 is 0 Å². The fourth-order valence-electron chi connectivity index (χ4n) is 2.86. The normalized spacial score (nSPS) is 10.6. The number of hydrogen-bond acceptors (Lipinski definition) is 2. The number of carbonyl (C=O) groups excluding carboxylic acids is 2. The van der Waals surface area contributed by atoms with Gasteiger partial charge >= 0.3 is 0 Å². The third-order valence-electron chi connectivity index (χ3n) is 4.22. The third-order valence-corrected chi connectivity index (χ3v) is 4.22. The second-order valence-electron chi connectivity index (χ2n) is 5.96. The maximum atomic E-state index is 12.5. The second kappa shape index (κ2) is 6.69. The summed E-state index contributed by atoms with van der Waals surface area (Å²) in [5.74, 6) is -0.131. The maximum Gasteiger partial charge on any atom is 0.209 e. The van der Waals surface area contributed by atoms with E-state index < -0.39 is 0 Å². The van der Waals surface area contributed by atoms with Gasteiger partial charge in [-0.05, 0) is 24.3 Å². The van der Waals surface area contributed by atoms with Crippen LogP contribution in [0.2, 0.25) is 0 Å². The molecule has 0 atom stereocenters. The van der Waals surface area contributed by atoms with Gasteiger partial charge in [0.2, 0.25) is 11.6 Å². The molecule has 4 rings (SSSR count). The number of aromatic amines is 2. The predicted octanol–water partition coefficient (Wildman–Crippen LogP) is 4.47. The highest BCUT2D eigenvalue weighted by Crippen LogP contribution is 2.21. The summed E-state index contributed by atoms with van der Waals surface area (Å²) < 4.78 is 0. The molecule has 0 unspecified atom stereocenters. The van der Waals surface area contributed by atoms with E-state index in [2.05, 4.69) is 9.97 Å². The van der Waals surface area contributed by atoms with Gasteiger partial charge in [-0.2, -0.15) is 0 Å². The van der Waals surface area contributed by atoms with Gasteiger partial charge in [0.1, 0.15) is 0 Å². The van der Waals surface area contributed by atoms with Crippen molar-refractivity contribution in [2.75, 3.05) is 0 Å². The third kappa shape index (κ3) is 3.00. The van der Waals surface area contributed by atoms with Crippen molar-refractivity contribution in [2.24, 2.45) is 0 Å². The lowest BCUT2D eigenvalue weighted by molar-refractivity contribution is 0.102. The SMILES string of the molecule is O=C(c1ccccc1)c1ccc(-c2ccc(C(=O)c3ccccc3)[nH]2)[nH]1. The summed E-state index contributed by atoms with van der Waals surface area (Å²) in [5, 5.41) is 0. The number of nitrogens with one attached hydrogen (secondary N) is 2. The van der Waals surface area contributed by atoms with Crippen LogP contribution in [0.4, 0.5) is 0 Å². The Morgan fingerprint density at radius 2 is 0.885 bits per heavy atom. The Morgan fingerprint density at radius 1 is 0.500 bits per heavy atom. The minimum Gasteiger partial charge on any atom is -0.351 e. The molecule has 2 heterocycles. The first-order valence-corrected chi connectivity index (χ1v) is 8.30. The zero-order valence-corrected chi connectivity index (χ0v) is 13.9. The lowest BCUT2D eigenvalue weighted by Crippen LogP contribution is -2.02. The van der Waals surface area contributed by atoms with Gasteiger partial charge < -0.3 is 9.97 Å². The topological polar surface area (TPSA) is 65.7 Å². The van der Waals surface area contributed by atoms with Crippen LogP contribution in [-0.2, 0) is 0 Å². The zero-order valence-electron chi connectivity index (χ0n) is 13.9. The number of carbonyl (C=O) groups is 2. The molecule has 2 aromatic carbocycles. The van der Waals surface area contributed by atoms with E-state index in [4.69, 9.17) is 0 Å². The molecule has 0 bridgehead atoms. The molecule has 0 spiro atoms. The molecular weight excluding hydrogens is 324 g/mol. The van der Waals surface area contributed by atoms with Crippen LogP contribution in [-0.4, -0.2) is 21.5 Å². The highest BCUT2D eigenvalue weighted by Gasteiger charge is 2.14. The molecule has 0 aliphatic carbocycles. The van der Waals surface area contributed by atoms with Gasteiger partial charge in [-0.25, -0.2) is 0 Å². The van der Waals surface area contributed by atoms with Crippen molar-refractivity contribution in [1.82, 2.24) is 9.97 Å². The highest BCUT2D eigenvalue weighted by molar-refractivity contribution is 6.09. The Bertz CT molecular complexity index is 972. The average Bonchev–Trinajstić information content (AvgIpc) is 3.38. The summed E-state index contributed by atoms with van der Waals surface area (Å²) in [6.07, 6.45) is 0. The number of rotatable bonds is 5. The Balaban J connectivity index is 1.58. The van der Waals surface area contributed by atoms with E-state index in [0.29, 0.717) is 22.5 Å². The Hall–Kier alpha value is -3.66. The van der Waals surface area contributed by atoms with Crippen LogP contribution < -0.4 is 0 Å². The summed E-state index contributed by atoms with van der Waals surface area (Å²) >= 11 is 0. The van der Waals surface area contributed by atoms with Gasteiger partial charge in [-0.15, -0.1) is 0 Å².